The van der Waals surface area contributed by atoms with Crippen molar-refractivity contribution in [1.29, 1.82) is 0 Å². The van der Waals surface area contributed by atoms with Crippen LogP contribution in [0.15, 0.2) is 18.2 Å². The molecule has 0 radical (unpaired) electrons. The fraction of sp³-hybridized carbons (Fsp3) is 0.677. The van der Waals surface area contributed by atoms with E-state index in [1.54, 1.807) is 54.5 Å². The average Bonchev–Trinajstić information content (AvgIpc) is 2.89. The van der Waals surface area contributed by atoms with Gasteiger partial charge < -0.3 is 34.2 Å². The Morgan fingerprint density at radius 3 is 1.71 bits per heavy atom. The standard InChI is InChI=1S/C31H49NO10/c1-11-14-19(4)26(33)37-20(5)21(6)38-27(34)23(32)17-22-15-16-24(39-28(35)41-30(7,8)12-2)25(18-22)40-29(36)42-31(9,10)13-3/h15-16,18-21,23H,11-14,17,32H2,1-10H3/t19?,20-,21-,23-/m0/s1. The lowest BCUT2D eigenvalue weighted by Gasteiger charge is -2.24. The Morgan fingerprint density at radius 1 is 0.762 bits per heavy atom. The molecule has 11 nitrogen and oxygen atoms in total. The smallest absolute Gasteiger partial charge is 0.459 e. The van der Waals surface area contributed by atoms with Crippen LogP contribution in [-0.2, 0) is 35.0 Å². The zero-order valence-electron chi connectivity index (χ0n) is 26.7. The molecule has 0 fully saturated rings. The highest BCUT2D eigenvalue weighted by Gasteiger charge is 2.28. The molecule has 0 aliphatic heterocycles. The number of carbonyl (C=O) groups excluding carboxylic acids is 4. The lowest BCUT2D eigenvalue weighted by atomic mass is 10.1. The number of ether oxygens (including phenoxy) is 6. The average molecular weight is 596 g/mol. The minimum Gasteiger partial charge on any atom is -0.459 e. The van der Waals surface area contributed by atoms with Crippen molar-refractivity contribution in [3.05, 3.63) is 23.8 Å². The Hall–Kier alpha value is -3.34. The first kappa shape index (κ1) is 36.7. The Bertz CT molecular complexity index is 1070. The summed E-state index contributed by atoms with van der Waals surface area (Å²) in [5.74, 6) is -1.51. The number of rotatable bonds is 15. The van der Waals surface area contributed by atoms with Gasteiger partial charge in [0.1, 0.15) is 29.5 Å². The number of nitrogens with two attached hydrogens (primary N) is 1. The summed E-state index contributed by atoms with van der Waals surface area (Å²) in [5, 5.41) is 0. The zero-order valence-corrected chi connectivity index (χ0v) is 26.7. The van der Waals surface area contributed by atoms with Gasteiger partial charge in [0.15, 0.2) is 11.5 Å². The molecule has 42 heavy (non-hydrogen) atoms. The number of hydrogen-bond donors (Lipinski definition) is 1. The van der Waals surface area contributed by atoms with Crippen molar-refractivity contribution >= 4 is 24.2 Å². The summed E-state index contributed by atoms with van der Waals surface area (Å²) in [6.07, 6.45) is -0.729. The van der Waals surface area contributed by atoms with E-state index in [4.69, 9.17) is 34.2 Å². The maximum atomic E-state index is 12.7. The van der Waals surface area contributed by atoms with Crippen molar-refractivity contribution in [3.63, 3.8) is 0 Å². The van der Waals surface area contributed by atoms with E-state index in [-0.39, 0.29) is 29.8 Å². The highest BCUT2D eigenvalue weighted by Crippen LogP contribution is 2.31. The first-order chi connectivity index (χ1) is 19.4. The van der Waals surface area contributed by atoms with Gasteiger partial charge in [0.2, 0.25) is 0 Å². The molecule has 0 saturated heterocycles. The van der Waals surface area contributed by atoms with Crippen LogP contribution < -0.4 is 15.2 Å². The van der Waals surface area contributed by atoms with Crippen molar-refractivity contribution in [2.24, 2.45) is 11.7 Å². The van der Waals surface area contributed by atoms with Gasteiger partial charge in [0.05, 0.1) is 5.92 Å². The Morgan fingerprint density at radius 2 is 1.24 bits per heavy atom. The van der Waals surface area contributed by atoms with Crippen LogP contribution in [0.5, 0.6) is 11.5 Å². The topological polar surface area (TPSA) is 150 Å². The van der Waals surface area contributed by atoms with Crippen molar-refractivity contribution in [2.75, 3.05) is 0 Å². The van der Waals surface area contributed by atoms with Gasteiger partial charge in [0, 0.05) is 0 Å². The minimum absolute atomic E-state index is 0.00666. The van der Waals surface area contributed by atoms with Crippen molar-refractivity contribution in [1.82, 2.24) is 0 Å². The van der Waals surface area contributed by atoms with Crippen LogP contribution >= 0.6 is 0 Å². The fourth-order valence-corrected chi connectivity index (χ4v) is 3.31. The second-order valence-corrected chi connectivity index (χ2v) is 11.7. The van der Waals surface area contributed by atoms with E-state index in [0.717, 1.165) is 6.42 Å². The molecule has 0 bridgehead atoms. The first-order valence-corrected chi connectivity index (χ1v) is 14.5. The minimum atomic E-state index is -1.09. The van der Waals surface area contributed by atoms with Crippen molar-refractivity contribution in [2.45, 2.75) is 131 Å². The van der Waals surface area contributed by atoms with Gasteiger partial charge in [-0.2, -0.15) is 0 Å². The quantitative estimate of drug-likeness (QED) is 0.139. The van der Waals surface area contributed by atoms with Crippen LogP contribution in [0, 0.1) is 5.92 Å². The van der Waals surface area contributed by atoms with Gasteiger partial charge in [-0.3, -0.25) is 9.59 Å². The van der Waals surface area contributed by atoms with Crippen LogP contribution in [0.4, 0.5) is 9.59 Å². The van der Waals surface area contributed by atoms with Crippen LogP contribution in [0.3, 0.4) is 0 Å². The molecule has 0 aromatic heterocycles. The van der Waals surface area contributed by atoms with Gasteiger partial charge in [-0.25, -0.2) is 9.59 Å². The molecule has 0 amide bonds. The molecule has 4 atom stereocenters. The maximum absolute atomic E-state index is 12.7. The van der Waals surface area contributed by atoms with E-state index in [0.29, 0.717) is 24.8 Å². The Labute approximate surface area is 249 Å². The molecule has 0 spiro atoms. The van der Waals surface area contributed by atoms with Gasteiger partial charge in [-0.05, 0) is 84.9 Å². The summed E-state index contributed by atoms with van der Waals surface area (Å²) >= 11 is 0. The van der Waals surface area contributed by atoms with Gasteiger partial charge >= 0.3 is 24.2 Å². The maximum Gasteiger partial charge on any atom is 0.514 e. The second kappa shape index (κ2) is 16.3. The molecule has 0 aliphatic carbocycles. The molecule has 2 N–H and O–H groups in total. The molecule has 238 valence electrons. The fourth-order valence-electron chi connectivity index (χ4n) is 3.31. The van der Waals surface area contributed by atoms with Crippen molar-refractivity contribution in [3.8, 4) is 11.5 Å². The Kier molecular flexibility index (Phi) is 14.3. The molecular formula is C31H49NO10. The molecule has 11 heteroatoms. The third kappa shape index (κ3) is 12.7. The molecule has 1 rings (SSSR count). The number of esters is 2. The summed E-state index contributed by atoms with van der Waals surface area (Å²) in [6.45, 7) is 17.7. The summed E-state index contributed by atoms with van der Waals surface area (Å²) in [4.78, 5) is 49.9. The molecule has 1 unspecified atom stereocenters. The van der Waals surface area contributed by atoms with E-state index in [9.17, 15) is 19.2 Å². The van der Waals surface area contributed by atoms with Crippen LogP contribution in [-0.4, -0.2) is 53.7 Å². The highest BCUT2D eigenvalue weighted by atomic mass is 16.8. The van der Waals surface area contributed by atoms with E-state index in [2.05, 4.69) is 0 Å². The third-order valence-electron chi connectivity index (χ3n) is 6.96. The molecule has 0 saturated carbocycles. The van der Waals surface area contributed by atoms with Gasteiger partial charge in [-0.1, -0.05) is 40.2 Å². The van der Waals surface area contributed by atoms with Crippen molar-refractivity contribution < 1.29 is 47.6 Å². The third-order valence-corrected chi connectivity index (χ3v) is 6.96. The molecule has 1 aromatic carbocycles. The Balaban J connectivity index is 3.03. The monoisotopic (exact) mass is 595 g/mol. The summed E-state index contributed by atoms with van der Waals surface area (Å²) in [5.41, 5.74) is 5.06. The number of benzene rings is 1. The number of hydrogen-bond acceptors (Lipinski definition) is 11. The van der Waals surface area contributed by atoms with Crippen LogP contribution in [0.2, 0.25) is 0 Å². The van der Waals surface area contributed by atoms with E-state index >= 15 is 0 Å². The molecular weight excluding hydrogens is 546 g/mol. The summed E-state index contributed by atoms with van der Waals surface area (Å²) in [6, 6.07) is 3.31. The van der Waals surface area contributed by atoms with Crippen LogP contribution in [0.25, 0.3) is 0 Å². The normalized spacial score (nSPS) is 14.5. The van der Waals surface area contributed by atoms with E-state index in [1.807, 2.05) is 20.8 Å². The summed E-state index contributed by atoms with van der Waals surface area (Å²) < 4.78 is 32.3. The lowest BCUT2D eigenvalue weighted by molar-refractivity contribution is -0.168. The van der Waals surface area contributed by atoms with Gasteiger partial charge in [-0.15, -0.1) is 0 Å². The second-order valence-electron chi connectivity index (χ2n) is 11.7. The molecule has 0 heterocycles. The van der Waals surface area contributed by atoms with E-state index in [1.165, 1.54) is 12.1 Å². The predicted molar refractivity (Wildman–Crippen MR) is 156 cm³/mol. The molecule has 1 aromatic rings. The number of carbonyl (C=O) groups is 4. The van der Waals surface area contributed by atoms with Crippen LogP contribution in [0.1, 0.15) is 100 Å². The predicted octanol–water partition coefficient (Wildman–Crippen LogP) is 6.26. The SMILES string of the molecule is CCCC(C)C(=O)O[C@@H](C)[C@H](C)OC(=O)[C@@H](N)Cc1ccc(OC(=O)OC(C)(C)CC)c(OC(=O)OC(C)(C)CC)c1. The zero-order chi connectivity index (χ0) is 32.3. The first-order valence-electron chi connectivity index (χ1n) is 14.5. The lowest BCUT2D eigenvalue weighted by Crippen LogP contribution is -2.40. The molecule has 0 aliphatic rings. The van der Waals surface area contributed by atoms with Gasteiger partial charge in [0.25, 0.3) is 0 Å². The van der Waals surface area contributed by atoms with E-state index < -0.39 is 47.7 Å². The summed E-state index contributed by atoms with van der Waals surface area (Å²) in [7, 11) is 0. The largest absolute Gasteiger partial charge is 0.514 e. The highest BCUT2D eigenvalue weighted by molar-refractivity contribution is 5.76.